The summed E-state index contributed by atoms with van der Waals surface area (Å²) in [6.45, 7) is 0. The van der Waals surface area contributed by atoms with Gasteiger partial charge in [0.05, 0.1) is 0 Å². The molecule has 0 spiro atoms. The molecule has 0 N–H and O–H groups in total. The molecule has 0 aromatic carbocycles. The monoisotopic (exact) mass is 263 g/mol. The van der Waals surface area contributed by atoms with Crippen LogP contribution in [0, 0.1) is 0 Å². The van der Waals surface area contributed by atoms with E-state index in [1.54, 1.807) is 0 Å². The molecular weight excluding hydrogens is 251 g/mol. The van der Waals surface area contributed by atoms with Crippen LogP contribution in [-0.4, -0.2) is 0 Å². The van der Waals surface area contributed by atoms with Crippen LogP contribution in [0.1, 0.15) is 0 Å². The first-order valence-electron chi connectivity index (χ1n) is 4.41. The number of hydrogen-bond acceptors (Lipinski definition) is 0. The van der Waals surface area contributed by atoms with Crippen molar-refractivity contribution >= 4 is 0 Å². The van der Waals surface area contributed by atoms with Gasteiger partial charge in [0, 0.05) is 0 Å². The second kappa shape index (κ2) is 6.69. The maximum Gasteiger partial charge on any atom is -1.00 e. The molecule has 0 aromatic heterocycles. The van der Waals surface area contributed by atoms with Crippen molar-refractivity contribution in [3.05, 3.63) is 48.6 Å². The molecule has 0 amide bonds. The molecule has 0 aliphatic heterocycles. The van der Waals surface area contributed by atoms with Crippen LogP contribution in [0.15, 0.2) is 48.6 Å². The first kappa shape index (κ1) is 14.3. The molecule has 3 heteroatoms. The van der Waals surface area contributed by atoms with Crippen LogP contribution >= 0.6 is 0 Å². The van der Waals surface area contributed by atoms with Gasteiger partial charge in [-0.25, -0.2) is 0 Å². The van der Waals surface area contributed by atoms with Gasteiger partial charge in [-0.1, -0.05) is 0 Å². The Balaban J connectivity index is 0.000000845. The average molecular weight is 264 g/mol. The molecule has 14 heavy (non-hydrogen) atoms. The summed E-state index contributed by atoms with van der Waals surface area (Å²) in [6, 6.07) is 0. The van der Waals surface area contributed by atoms with Crippen molar-refractivity contribution in [2.45, 2.75) is 13.7 Å². The van der Waals surface area contributed by atoms with Gasteiger partial charge in [-0.2, -0.15) is 0 Å². The fourth-order valence-electron chi connectivity index (χ4n) is 1.69. The summed E-state index contributed by atoms with van der Waals surface area (Å²) in [5.74, 6) is 0. The molecule has 0 heterocycles. The van der Waals surface area contributed by atoms with Crippen LogP contribution in [0.3, 0.4) is 0 Å². The first-order chi connectivity index (χ1) is 5.88. The molecule has 2 rings (SSSR count). The molecular formula is C11H13Cl2Ti. The SMILES string of the molecule is [CH3][Ti+2]([CH]1C=CC=C1)[CH]1C=CC=C1.[Cl-].[Cl-]. The third kappa shape index (κ3) is 3.13. The van der Waals surface area contributed by atoms with E-state index in [0.717, 1.165) is 8.45 Å². The van der Waals surface area contributed by atoms with Crippen molar-refractivity contribution in [1.82, 2.24) is 0 Å². The number of hydrogen-bond donors (Lipinski definition) is 0. The summed E-state index contributed by atoms with van der Waals surface area (Å²) in [5.41, 5.74) is 0. The molecule has 2 aliphatic carbocycles. The van der Waals surface area contributed by atoms with Crippen molar-refractivity contribution in [2.75, 3.05) is 0 Å². The summed E-state index contributed by atoms with van der Waals surface area (Å²) >= 11 is -0.926. The molecule has 0 atom stereocenters. The van der Waals surface area contributed by atoms with Gasteiger partial charge in [-0.15, -0.1) is 0 Å². The number of allylic oxidation sites excluding steroid dienone is 8. The van der Waals surface area contributed by atoms with Crippen molar-refractivity contribution in [1.29, 1.82) is 0 Å². The Morgan fingerprint density at radius 1 is 0.714 bits per heavy atom. The fraction of sp³-hybridized carbons (Fsp3) is 0.273. The quantitative estimate of drug-likeness (QED) is 0.483. The molecule has 2 aliphatic rings. The van der Waals surface area contributed by atoms with Crippen molar-refractivity contribution < 1.29 is 42.7 Å². The standard InChI is InChI=1S/2C5H5.CH3.2ClH.Ti/c2*1-2-4-5-3-1;;;;/h2*1-5H;1H3;2*1H;/q;;;;;+2/p-2. The van der Waals surface area contributed by atoms with E-state index in [9.17, 15) is 0 Å². The van der Waals surface area contributed by atoms with E-state index in [1.807, 2.05) is 0 Å². The van der Waals surface area contributed by atoms with Crippen LogP contribution < -0.4 is 24.8 Å². The molecule has 0 saturated carbocycles. The molecule has 0 aromatic rings. The van der Waals surface area contributed by atoms with E-state index in [-0.39, 0.29) is 24.8 Å². The molecule has 0 radical (unpaired) electrons. The Kier molecular flexibility index (Phi) is 6.81. The largest absolute Gasteiger partial charge is 1.00 e. The second-order valence-electron chi connectivity index (χ2n) is 3.34. The van der Waals surface area contributed by atoms with Crippen molar-refractivity contribution in [3.8, 4) is 0 Å². The number of halogens is 2. The van der Waals surface area contributed by atoms with Gasteiger partial charge in [0.25, 0.3) is 0 Å². The van der Waals surface area contributed by atoms with Gasteiger partial charge in [0.1, 0.15) is 0 Å². The molecule has 0 unspecified atom stereocenters. The Bertz CT molecular complexity index is 227. The molecule has 0 saturated heterocycles. The Morgan fingerprint density at radius 2 is 1.00 bits per heavy atom. The van der Waals surface area contributed by atoms with Crippen LogP contribution in [0.25, 0.3) is 0 Å². The minimum absolute atomic E-state index is 0. The zero-order chi connectivity index (χ0) is 8.39. The molecule has 75 valence electrons. The smallest absolute Gasteiger partial charge is 1.00 e. The third-order valence-corrected chi connectivity index (χ3v) is 7.03. The number of rotatable bonds is 2. The Labute approximate surface area is 105 Å². The van der Waals surface area contributed by atoms with E-state index in [4.69, 9.17) is 0 Å². The Hall–Kier alpha value is 0.254. The van der Waals surface area contributed by atoms with Gasteiger partial charge in [0.15, 0.2) is 0 Å². The van der Waals surface area contributed by atoms with Gasteiger partial charge in [-0.3, -0.25) is 0 Å². The third-order valence-electron chi connectivity index (χ3n) is 2.55. The Morgan fingerprint density at radius 3 is 1.29 bits per heavy atom. The first-order valence-corrected chi connectivity index (χ1v) is 7.78. The molecule has 0 nitrogen and oxygen atoms in total. The zero-order valence-electron chi connectivity index (χ0n) is 8.03. The van der Waals surface area contributed by atoms with Gasteiger partial charge in [0.2, 0.25) is 0 Å². The van der Waals surface area contributed by atoms with Crippen LogP contribution in [-0.2, 0) is 17.9 Å². The fourth-order valence-corrected chi connectivity index (χ4v) is 4.98. The van der Waals surface area contributed by atoms with E-state index >= 15 is 0 Å². The summed E-state index contributed by atoms with van der Waals surface area (Å²) in [4.78, 5) is 0. The molecule has 0 fully saturated rings. The van der Waals surface area contributed by atoms with E-state index in [2.05, 4.69) is 53.8 Å². The normalized spacial score (nSPS) is 18.4. The summed E-state index contributed by atoms with van der Waals surface area (Å²) in [6.07, 6.45) is 18.2. The van der Waals surface area contributed by atoms with Crippen LogP contribution in [0.2, 0.25) is 13.7 Å². The summed E-state index contributed by atoms with van der Waals surface area (Å²) < 4.78 is 1.62. The van der Waals surface area contributed by atoms with Gasteiger partial charge < -0.3 is 24.8 Å². The van der Waals surface area contributed by atoms with Gasteiger partial charge >= 0.3 is 80.2 Å². The van der Waals surface area contributed by atoms with E-state index < -0.39 is 17.9 Å². The van der Waals surface area contributed by atoms with Gasteiger partial charge in [-0.05, 0) is 0 Å². The topological polar surface area (TPSA) is 0 Å². The van der Waals surface area contributed by atoms with Crippen LogP contribution in [0.4, 0.5) is 0 Å². The summed E-state index contributed by atoms with van der Waals surface area (Å²) in [7, 11) is 0. The predicted octanol–water partition coefficient (Wildman–Crippen LogP) is -2.51. The van der Waals surface area contributed by atoms with E-state index in [0.29, 0.717) is 0 Å². The molecule has 0 bridgehead atoms. The van der Waals surface area contributed by atoms with Crippen LogP contribution in [0.5, 0.6) is 0 Å². The van der Waals surface area contributed by atoms with E-state index in [1.165, 1.54) is 0 Å². The second-order valence-corrected chi connectivity index (χ2v) is 7.74. The zero-order valence-corrected chi connectivity index (χ0v) is 11.1. The maximum absolute atomic E-state index is 2.48. The minimum Gasteiger partial charge on any atom is -1.00 e. The predicted molar refractivity (Wildman–Crippen MR) is 49.9 cm³/mol. The van der Waals surface area contributed by atoms with Crippen molar-refractivity contribution in [3.63, 3.8) is 0 Å². The van der Waals surface area contributed by atoms with Crippen molar-refractivity contribution in [2.24, 2.45) is 0 Å². The maximum atomic E-state index is 2.48. The summed E-state index contributed by atoms with van der Waals surface area (Å²) in [5, 5.41) is 2.48. The average Bonchev–Trinajstić information content (AvgIpc) is 2.77. The minimum atomic E-state index is -0.926.